The van der Waals surface area contributed by atoms with Crippen LogP contribution < -0.4 is 4.72 Å². The lowest BCUT2D eigenvalue weighted by molar-refractivity contribution is 0.282. The van der Waals surface area contributed by atoms with Crippen LogP contribution in [0.2, 0.25) is 0 Å². The van der Waals surface area contributed by atoms with Crippen molar-refractivity contribution >= 4 is 22.4 Å². The molecule has 8 heteroatoms. The van der Waals surface area contributed by atoms with Crippen LogP contribution in [0.5, 0.6) is 0 Å². The van der Waals surface area contributed by atoms with Crippen LogP contribution in [-0.2, 0) is 10.0 Å². The van der Waals surface area contributed by atoms with Crippen molar-refractivity contribution in [3.8, 4) is 0 Å². The maximum Gasteiger partial charge on any atom is 0.245 e. The van der Waals surface area contributed by atoms with E-state index in [4.69, 9.17) is 4.52 Å². The van der Waals surface area contributed by atoms with Gasteiger partial charge in [0.25, 0.3) is 0 Å². The molecule has 0 atom stereocenters. The van der Waals surface area contributed by atoms with Crippen molar-refractivity contribution in [2.24, 2.45) is 0 Å². The standard InChI is InChI=1S/C14H25N3O3S.ClH/c1-12-14(13(2)20-16-12)21(18,19)15-8-7-11-17-9-5-3-4-6-10-17;/h15H,3-11H2,1-2H3;1H. The normalized spacial score (nSPS) is 17.0. The summed E-state index contributed by atoms with van der Waals surface area (Å²) in [6, 6.07) is 0. The highest BCUT2D eigenvalue weighted by molar-refractivity contribution is 7.89. The van der Waals surface area contributed by atoms with E-state index in [0.29, 0.717) is 18.0 Å². The molecule has 128 valence electrons. The van der Waals surface area contributed by atoms with E-state index in [1.807, 2.05) is 0 Å². The predicted molar refractivity (Wildman–Crippen MR) is 87.9 cm³/mol. The second kappa shape index (κ2) is 8.86. The third-order valence-corrected chi connectivity index (χ3v) is 5.58. The second-order valence-electron chi connectivity index (χ2n) is 5.66. The molecule has 0 aromatic carbocycles. The van der Waals surface area contributed by atoms with Crippen LogP contribution in [0.15, 0.2) is 9.42 Å². The highest BCUT2D eigenvalue weighted by Gasteiger charge is 2.23. The minimum Gasteiger partial charge on any atom is -0.360 e. The average molecular weight is 352 g/mol. The van der Waals surface area contributed by atoms with E-state index >= 15 is 0 Å². The van der Waals surface area contributed by atoms with Gasteiger partial charge in [0, 0.05) is 6.54 Å². The van der Waals surface area contributed by atoms with E-state index in [0.717, 1.165) is 26.1 Å². The molecule has 0 aliphatic carbocycles. The largest absolute Gasteiger partial charge is 0.360 e. The molecule has 0 unspecified atom stereocenters. The second-order valence-corrected chi connectivity index (χ2v) is 7.36. The molecular formula is C14H26ClN3O3S. The SMILES string of the molecule is Cc1noc(C)c1S(=O)(=O)NCCCN1CCCCCC1.Cl. The molecular weight excluding hydrogens is 326 g/mol. The van der Waals surface area contributed by atoms with Gasteiger partial charge in [0.1, 0.15) is 10.6 Å². The highest BCUT2D eigenvalue weighted by Crippen LogP contribution is 2.18. The number of hydrogen-bond donors (Lipinski definition) is 1. The van der Waals surface area contributed by atoms with E-state index in [9.17, 15) is 8.42 Å². The number of nitrogens with one attached hydrogen (secondary N) is 1. The smallest absolute Gasteiger partial charge is 0.245 e. The number of nitrogens with zero attached hydrogens (tertiary/aromatic N) is 2. The summed E-state index contributed by atoms with van der Waals surface area (Å²) < 4.78 is 32.0. The highest BCUT2D eigenvalue weighted by atomic mass is 35.5. The van der Waals surface area contributed by atoms with Crippen LogP contribution in [-0.4, -0.2) is 44.7 Å². The van der Waals surface area contributed by atoms with Gasteiger partial charge < -0.3 is 9.42 Å². The molecule has 1 aromatic heterocycles. The van der Waals surface area contributed by atoms with E-state index in [-0.39, 0.29) is 17.3 Å². The maximum atomic E-state index is 12.2. The summed E-state index contributed by atoms with van der Waals surface area (Å²) in [4.78, 5) is 2.61. The van der Waals surface area contributed by atoms with Crippen LogP contribution in [0.4, 0.5) is 0 Å². The van der Waals surface area contributed by atoms with Crippen molar-refractivity contribution in [3.63, 3.8) is 0 Å². The third-order valence-electron chi connectivity index (χ3n) is 3.88. The van der Waals surface area contributed by atoms with Gasteiger partial charge in [0.15, 0.2) is 5.76 Å². The Balaban J connectivity index is 0.00000242. The monoisotopic (exact) mass is 351 g/mol. The minimum atomic E-state index is -3.51. The van der Waals surface area contributed by atoms with Gasteiger partial charge in [-0.3, -0.25) is 0 Å². The number of rotatable bonds is 6. The first-order valence-electron chi connectivity index (χ1n) is 7.65. The Morgan fingerprint density at radius 2 is 1.82 bits per heavy atom. The topological polar surface area (TPSA) is 75.4 Å². The van der Waals surface area contributed by atoms with Crippen LogP contribution in [0.25, 0.3) is 0 Å². The van der Waals surface area contributed by atoms with Crippen molar-refractivity contribution in [2.75, 3.05) is 26.2 Å². The molecule has 2 heterocycles. The van der Waals surface area contributed by atoms with Gasteiger partial charge in [-0.05, 0) is 52.7 Å². The Bertz CT molecular complexity index is 532. The summed E-state index contributed by atoms with van der Waals surface area (Å²) in [6.45, 7) is 6.92. The molecule has 1 aliphatic heterocycles. The fourth-order valence-corrected chi connectivity index (χ4v) is 4.20. The van der Waals surface area contributed by atoms with Crippen LogP contribution in [0, 0.1) is 13.8 Å². The van der Waals surface area contributed by atoms with Crippen LogP contribution in [0.1, 0.15) is 43.6 Å². The molecule has 0 saturated carbocycles. The van der Waals surface area contributed by atoms with Crippen molar-refractivity contribution in [3.05, 3.63) is 11.5 Å². The molecule has 1 aromatic rings. The molecule has 1 fully saturated rings. The Labute approximate surface area is 139 Å². The summed E-state index contributed by atoms with van der Waals surface area (Å²) in [5.74, 6) is 0.340. The fourth-order valence-electron chi connectivity index (χ4n) is 2.80. The van der Waals surface area contributed by atoms with Gasteiger partial charge in [-0.25, -0.2) is 13.1 Å². The van der Waals surface area contributed by atoms with Gasteiger partial charge in [-0.1, -0.05) is 18.0 Å². The van der Waals surface area contributed by atoms with E-state index in [1.54, 1.807) is 13.8 Å². The summed E-state index contributed by atoms with van der Waals surface area (Å²) in [7, 11) is -3.51. The first-order chi connectivity index (χ1) is 10.0. The summed E-state index contributed by atoms with van der Waals surface area (Å²) in [5, 5.41) is 3.69. The molecule has 0 radical (unpaired) electrons. The molecule has 22 heavy (non-hydrogen) atoms. The third kappa shape index (κ3) is 5.22. The van der Waals surface area contributed by atoms with Gasteiger partial charge in [0.2, 0.25) is 10.0 Å². The quantitative estimate of drug-likeness (QED) is 0.795. The van der Waals surface area contributed by atoms with Crippen molar-refractivity contribution in [1.82, 2.24) is 14.8 Å². The van der Waals surface area contributed by atoms with Crippen molar-refractivity contribution < 1.29 is 12.9 Å². The molecule has 1 saturated heterocycles. The Hall–Kier alpha value is -0.630. The zero-order valence-electron chi connectivity index (χ0n) is 13.3. The van der Waals surface area contributed by atoms with Crippen molar-refractivity contribution in [2.45, 2.75) is 50.8 Å². The minimum absolute atomic E-state index is 0. The fraction of sp³-hybridized carbons (Fsp3) is 0.786. The van der Waals surface area contributed by atoms with E-state index < -0.39 is 10.0 Å². The molecule has 0 amide bonds. The lowest BCUT2D eigenvalue weighted by atomic mass is 10.2. The van der Waals surface area contributed by atoms with E-state index in [2.05, 4.69) is 14.8 Å². The molecule has 6 nitrogen and oxygen atoms in total. The van der Waals surface area contributed by atoms with Crippen LogP contribution in [0.3, 0.4) is 0 Å². The lowest BCUT2D eigenvalue weighted by Gasteiger charge is -2.19. The molecule has 1 N–H and O–H groups in total. The summed E-state index contributed by atoms with van der Waals surface area (Å²) >= 11 is 0. The summed E-state index contributed by atoms with van der Waals surface area (Å²) in [6.07, 6.45) is 5.96. The zero-order valence-corrected chi connectivity index (χ0v) is 14.9. The Morgan fingerprint density at radius 3 is 2.36 bits per heavy atom. The number of hydrogen-bond acceptors (Lipinski definition) is 5. The number of halogens is 1. The molecule has 0 bridgehead atoms. The maximum absolute atomic E-state index is 12.2. The van der Waals surface area contributed by atoms with E-state index in [1.165, 1.54) is 25.7 Å². The summed E-state index contributed by atoms with van der Waals surface area (Å²) in [5.41, 5.74) is 0.410. The average Bonchev–Trinajstić information content (AvgIpc) is 2.66. The Kier molecular flexibility index (Phi) is 7.82. The zero-order chi connectivity index (χ0) is 15.3. The lowest BCUT2D eigenvalue weighted by Crippen LogP contribution is -2.31. The predicted octanol–water partition coefficient (Wildman–Crippen LogP) is 2.26. The van der Waals surface area contributed by atoms with Gasteiger partial charge >= 0.3 is 0 Å². The first-order valence-corrected chi connectivity index (χ1v) is 9.14. The first kappa shape index (κ1) is 19.4. The molecule has 1 aliphatic rings. The number of likely N-dealkylation sites (tertiary alicyclic amines) is 1. The number of aromatic nitrogens is 1. The number of aryl methyl sites for hydroxylation is 2. The van der Waals surface area contributed by atoms with Crippen LogP contribution >= 0.6 is 12.4 Å². The Morgan fingerprint density at radius 1 is 1.18 bits per heavy atom. The molecule has 2 rings (SSSR count). The molecule has 0 spiro atoms. The van der Waals surface area contributed by atoms with Crippen molar-refractivity contribution in [1.29, 1.82) is 0 Å². The van der Waals surface area contributed by atoms with Gasteiger partial charge in [0.05, 0.1) is 0 Å². The number of sulfonamides is 1. The van der Waals surface area contributed by atoms with Gasteiger partial charge in [-0.15, -0.1) is 12.4 Å². The van der Waals surface area contributed by atoms with Gasteiger partial charge in [-0.2, -0.15) is 0 Å².